The van der Waals surface area contributed by atoms with Crippen LogP contribution in [0.3, 0.4) is 0 Å². The van der Waals surface area contributed by atoms with E-state index in [-0.39, 0.29) is 12.1 Å². The number of hydrogen-bond donors (Lipinski definition) is 1. The van der Waals surface area contributed by atoms with Crippen LogP contribution in [0.4, 0.5) is 8.78 Å². The summed E-state index contributed by atoms with van der Waals surface area (Å²) in [5, 5.41) is 8.92. The van der Waals surface area contributed by atoms with Crippen molar-refractivity contribution < 1.29 is 23.4 Å². The van der Waals surface area contributed by atoms with E-state index in [4.69, 9.17) is 5.11 Å². The lowest BCUT2D eigenvalue weighted by atomic mass is 10.2. The Bertz CT molecular complexity index is 598. The minimum Gasteiger partial charge on any atom is -0.478 e. The summed E-state index contributed by atoms with van der Waals surface area (Å²) in [5.41, 5.74) is 1.30. The highest BCUT2D eigenvalue weighted by Gasteiger charge is 2.13. The maximum absolute atomic E-state index is 12.1. The van der Waals surface area contributed by atoms with Gasteiger partial charge < -0.3 is 14.4 Å². The molecule has 0 aliphatic rings. The third-order valence-electron chi connectivity index (χ3n) is 2.66. The first-order chi connectivity index (χ1) is 8.97. The number of carboxylic acid groups (broad SMARTS) is 1. The van der Waals surface area contributed by atoms with Crippen molar-refractivity contribution in [3.63, 3.8) is 0 Å². The second-order valence-corrected chi connectivity index (χ2v) is 4.11. The average molecular weight is 270 g/mol. The summed E-state index contributed by atoms with van der Waals surface area (Å²) in [6.07, 6.45) is 0.771. The molecular weight excluding hydrogens is 258 g/mol. The van der Waals surface area contributed by atoms with Crippen molar-refractivity contribution in [1.82, 2.24) is 9.55 Å². The maximum Gasteiger partial charge on any atom is 0.345 e. The lowest BCUT2D eigenvalue weighted by molar-refractivity contribution is -0.160. The summed E-state index contributed by atoms with van der Waals surface area (Å²) in [7, 11) is 0. The fourth-order valence-corrected chi connectivity index (χ4v) is 1.83. The number of alkyl halides is 2. The quantitative estimate of drug-likeness (QED) is 0.905. The molecular formula is C12H12F2N2O3. The second kappa shape index (κ2) is 5.31. The number of ether oxygens (including phenoxy) is 1. The number of benzene rings is 1. The molecule has 7 heteroatoms. The SMILES string of the molecule is CC(Cn1cnc2ccc(C(=O)O)cc21)OC(F)F. The van der Waals surface area contributed by atoms with Crippen LogP contribution < -0.4 is 0 Å². The van der Waals surface area contributed by atoms with E-state index in [2.05, 4.69) is 9.72 Å². The topological polar surface area (TPSA) is 64.4 Å². The Morgan fingerprint density at radius 3 is 2.89 bits per heavy atom. The molecule has 1 unspecified atom stereocenters. The van der Waals surface area contributed by atoms with E-state index < -0.39 is 18.7 Å². The van der Waals surface area contributed by atoms with Gasteiger partial charge in [0.05, 0.1) is 35.6 Å². The molecule has 0 saturated heterocycles. The van der Waals surface area contributed by atoms with E-state index >= 15 is 0 Å². The van der Waals surface area contributed by atoms with Gasteiger partial charge in [-0.3, -0.25) is 0 Å². The van der Waals surface area contributed by atoms with Gasteiger partial charge in [0, 0.05) is 0 Å². The van der Waals surface area contributed by atoms with Crippen molar-refractivity contribution in [1.29, 1.82) is 0 Å². The molecule has 1 aromatic carbocycles. The monoisotopic (exact) mass is 270 g/mol. The minimum absolute atomic E-state index is 0.122. The van der Waals surface area contributed by atoms with E-state index in [1.54, 1.807) is 10.6 Å². The van der Waals surface area contributed by atoms with Gasteiger partial charge in [0.2, 0.25) is 0 Å². The largest absolute Gasteiger partial charge is 0.478 e. The molecule has 1 aromatic heterocycles. The zero-order chi connectivity index (χ0) is 14.0. The summed E-state index contributed by atoms with van der Waals surface area (Å²) in [6.45, 7) is -1.15. The Hall–Kier alpha value is -2.02. The predicted octanol–water partition coefficient (Wildman–Crippen LogP) is 2.36. The molecule has 0 spiro atoms. The molecule has 1 N–H and O–H groups in total. The van der Waals surface area contributed by atoms with Gasteiger partial charge in [-0.15, -0.1) is 0 Å². The Labute approximate surface area is 107 Å². The third kappa shape index (κ3) is 3.05. The molecule has 0 radical (unpaired) electrons. The maximum atomic E-state index is 12.1. The van der Waals surface area contributed by atoms with Crippen LogP contribution in [-0.4, -0.2) is 33.3 Å². The first kappa shape index (κ1) is 13.4. The van der Waals surface area contributed by atoms with Crippen LogP contribution in [0.1, 0.15) is 17.3 Å². The molecule has 1 heterocycles. The first-order valence-corrected chi connectivity index (χ1v) is 5.59. The van der Waals surface area contributed by atoms with E-state index in [0.717, 1.165) is 0 Å². The van der Waals surface area contributed by atoms with Crippen LogP contribution in [-0.2, 0) is 11.3 Å². The Balaban J connectivity index is 2.28. The number of imidazole rings is 1. The molecule has 1 atom stereocenters. The molecule has 2 aromatic rings. The summed E-state index contributed by atoms with van der Waals surface area (Å²) >= 11 is 0. The average Bonchev–Trinajstić information content (AvgIpc) is 2.70. The van der Waals surface area contributed by atoms with Crippen molar-refractivity contribution >= 4 is 17.0 Å². The van der Waals surface area contributed by atoms with Crippen molar-refractivity contribution in [2.75, 3.05) is 0 Å². The molecule has 0 aliphatic carbocycles. The first-order valence-electron chi connectivity index (χ1n) is 5.59. The molecule has 0 fully saturated rings. The molecule has 2 rings (SSSR count). The van der Waals surface area contributed by atoms with Crippen molar-refractivity contribution in [2.45, 2.75) is 26.2 Å². The van der Waals surface area contributed by atoms with Crippen LogP contribution in [0.2, 0.25) is 0 Å². The van der Waals surface area contributed by atoms with E-state index in [1.807, 2.05) is 0 Å². The molecule has 0 saturated carbocycles. The van der Waals surface area contributed by atoms with Crippen LogP contribution in [0, 0.1) is 0 Å². The fraction of sp³-hybridized carbons (Fsp3) is 0.333. The van der Waals surface area contributed by atoms with Crippen LogP contribution in [0.25, 0.3) is 11.0 Å². The van der Waals surface area contributed by atoms with Crippen molar-refractivity contribution in [3.05, 3.63) is 30.1 Å². The molecule has 19 heavy (non-hydrogen) atoms. The lowest BCUT2D eigenvalue weighted by Gasteiger charge is -2.13. The summed E-state index contributed by atoms with van der Waals surface area (Å²) in [4.78, 5) is 15.0. The zero-order valence-corrected chi connectivity index (χ0v) is 10.1. The Morgan fingerprint density at radius 2 is 2.26 bits per heavy atom. The number of aromatic carboxylic acids is 1. The second-order valence-electron chi connectivity index (χ2n) is 4.11. The molecule has 0 aliphatic heterocycles. The number of aromatic nitrogens is 2. The zero-order valence-electron chi connectivity index (χ0n) is 10.1. The third-order valence-corrected chi connectivity index (χ3v) is 2.66. The standard InChI is InChI=1S/C12H12F2N2O3/c1-7(19-12(13)14)5-16-6-15-9-3-2-8(11(17)18)4-10(9)16/h2-4,6-7,12H,5H2,1H3,(H,17,18). The highest BCUT2D eigenvalue weighted by Crippen LogP contribution is 2.16. The molecule has 0 bridgehead atoms. The van der Waals surface area contributed by atoms with E-state index in [0.29, 0.717) is 11.0 Å². The van der Waals surface area contributed by atoms with Gasteiger partial charge in [0.15, 0.2) is 0 Å². The minimum atomic E-state index is -2.83. The van der Waals surface area contributed by atoms with Crippen LogP contribution >= 0.6 is 0 Å². The van der Waals surface area contributed by atoms with Crippen molar-refractivity contribution in [3.8, 4) is 0 Å². The number of rotatable bonds is 5. The normalized spacial score (nSPS) is 13.1. The van der Waals surface area contributed by atoms with Gasteiger partial charge in [0.1, 0.15) is 0 Å². The lowest BCUT2D eigenvalue weighted by Crippen LogP contribution is -2.18. The summed E-state index contributed by atoms with van der Waals surface area (Å²) in [6, 6.07) is 4.48. The van der Waals surface area contributed by atoms with E-state index in [1.165, 1.54) is 25.4 Å². The number of nitrogens with zero attached hydrogens (tertiary/aromatic N) is 2. The number of fused-ring (bicyclic) bond motifs is 1. The number of halogens is 2. The number of hydrogen-bond acceptors (Lipinski definition) is 3. The smallest absolute Gasteiger partial charge is 0.345 e. The fourth-order valence-electron chi connectivity index (χ4n) is 1.83. The van der Waals surface area contributed by atoms with Gasteiger partial charge in [-0.05, 0) is 25.1 Å². The van der Waals surface area contributed by atoms with Gasteiger partial charge in [-0.1, -0.05) is 0 Å². The van der Waals surface area contributed by atoms with E-state index in [9.17, 15) is 13.6 Å². The van der Waals surface area contributed by atoms with Crippen LogP contribution in [0.15, 0.2) is 24.5 Å². The van der Waals surface area contributed by atoms with Gasteiger partial charge >= 0.3 is 12.6 Å². The van der Waals surface area contributed by atoms with Gasteiger partial charge in [0.25, 0.3) is 0 Å². The molecule has 102 valence electrons. The predicted molar refractivity (Wildman–Crippen MR) is 63.2 cm³/mol. The number of carboxylic acids is 1. The number of carbonyl (C=O) groups is 1. The Kier molecular flexibility index (Phi) is 3.75. The van der Waals surface area contributed by atoms with Gasteiger partial charge in [-0.2, -0.15) is 8.78 Å². The summed E-state index contributed by atoms with van der Waals surface area (Å²) < 4.78 is 30.1. The summed E-state index contributed by atoms with van der Waals surface area (Å²) in [5.74, 6) is -1.05. The highest BCUT2D eigenvalue weighted by molar-refractivity contribution is 5.92. The highest BCUT2D eigenvalue weighted by atomic mass is 19.3. The Morgan fingerprint density at radius 1 is 1.53 bits per heavy atom. The molecule has 0 amide bonds. The van der Waals surface area contributed by atoms with Crippen molar-refractivity contribution in [2.24, 2.45) is 0 Å². The molecule has 5 nitrogen and oxygen atoms in total. The van der Waals surface area contributed by atoms with Crippen LogP contribution in [0.5, 0.6) is 0 Å². The van der Waals surface area contributed by atoms with Gasteiger partial charge in [-0.25, -0.2) is 9.78 Å².